The number of carbonyl (C=O) groups is 4. The Morgan fingerprint density at radius 2 is 1.68 bits per heavy atom. The summed E-state index contributed by atoms with van der Waals surface area (Å²) in [5, 5.41) is 2.63. The van der Waals surface area contributed by atoms with Gasteiger partial charge in [-0.2, -0.15) is 0 Å². The number of benzene rings is 2. The molecule has 0 saturated heterocycles. The molecule has 6 nitrogen and oxygen atoms in total. The van der Waals surface area contributed by atoms with Crippen LogP contribution in [0, 0.1) is 0 Å². The van der Waals surface area contributed by atoms with E-state index in [1.807, 2.05) is 18.2 Å². The molecule has 31 heavy (non-hydrogen) atoms. The molecular weight excluding hydrogens is 394 g/mol. The van der Waals surface area contributed by atoms with E-state index in [4.69, 9.17) is 4.74 Å². The molecule has 1 aliphatic carbocycles. The number of rotatable bonds is 8. The maximum absolute atomic E-state index is 12.5. The molecule has 0 radical (unpaired) electrons. The van der Waals surface area contributed by atoms with Gasteiger partial charge in [0.1, 0.15) is 0 Å². The number of hydrogen-bond donors (Lipinski definition) is 1. The molecule has 0 fully saturated rings. The Kier molecular flexibility index (Phi) is 7.34. The lowest BCUT2D eigenvalue weighted by molar-refractivity contribution is -0.153. The van der Waals surface area contributed by atoms with Crippen molar-refractivity contribution in [3.8, 4) is 0 Å². The zero-order valence-electron chi connectivity index (χ0n) is 17.9. The maximum Gasteiger partial charge on any atom is 0.307 e. The van der Waals surface area contributed by atoms with Crippen LogP contribution in [0.15, 0.2) is 42.5 Å². The lowest BCUT2D eigenvalue weighted by atomic mass is 9.89. The largest absolute Gasteiger partial charge is 0.453 e. The highest BCUT2D eigenvalue weighted by Crippen LogP contribution is 2.23. The topological polar surface area (TPSA) is 89.5 Å². The van der Waals surface area contributed by atoms with Crippen LogP contribution in [-0.4, -0.2) is 29.5 Å². The van der Waals surface area contributed by atoms with Gasteiger partial charge in [-0.25, -0.2) is 0 Å². The molecule has 2 aromatic rings. The molecule has 1 atom stereocenters. The van der Waals surface area contributed by atoms with Crippen molar-refractivity contribution in [3.63, 3.8) is 0 Å². The van der Waals surface area contributed by atoms with Crippen LogP contribution in [0.5, 0.6) is 0 Å². The van der Waals surface area contributed by atoms with Gasteiger partial charge in [0.15, 0.2) is 17.7 Å². The van der Waals surface area contributed by atoms with Crippen molar-refractivity contribution in [3.05, 3.63) is 64.7 Å². The van der Waals surface area contributed by atoms with Gasteiger partial charge in [0.2, 0.25) is 0 Å². The normalized spacial score (nSPS) is 13.6. The third kappa shape index (κ3) is 6.10. The number of carbonyl (C=O) groups excluding carboxylic acids is 4. The Morgan fingerprint density at radius 1 is 0.935 bits per heavy atom. The van der Waals surface area contributed by atoms with Crippen LogP contribution in [0.1, 0.15) is 71.4 Å². The number of aryl methyl sites for hydroxylation is 2. The second-order valence-corrected chi connectivity index (χ2v) is 7.87. The van der Waals surface area contributed by atoms with Crippen molar-refractivity contribution in [2.24, 2.45) is 0 Å². The number of hydrogen-bond acceptors (Lipinski definition) is 5. The van der Waals surface area contributed by atoms with Crippen molar-refractivity contribution in [1.82, 2.24) is 0 Å². The van der Waals surface area contributed by atoms with E-state index in [-0.39, 0.29) is 24.4 Å². The third-order valence-electron chi connectivity index (χ3n) is 5.44. The Morgan fingerprint density at radius 3 is 2.42 bits per heavy atom. The predicted octanol–water partition coefficient (Wildman–Crippen LogP) is 4.30. The lowest BCUT2D eigenvalue weighted by Crippen LogP contribution is -2.30. The first-order valence-electron chi connectivity index (χ1n) is 10.6. The van der Waals surface area contributed by atoms with E-state index in [9.17, 15) is 19.2 Å². The van der Waals surface area contributed by atoms with Gasteiger partial charge in [-0.1, -0.05) is 24.3 Å². The van der Waals surface area contributed by atoms with Crippen LogP contribution in [-0.2, 0) is 27.2 Å². The van der Waals surface area contributed by atoms with Gasteiger partial charge in [-0.15, -0.1) is 0 Å². The smallest absolute Gasteiger partial charge is 0.307 e. The van der Waals surface area contributed by atoms with Gasteiger partial charge in [0.05, 0.1) is 6.42 Å². The monoisotopic (exact) mass is 421 g/mol. The summed E-state index contributed by atoms with van der Waals surface area (Å²) >= 11 is 0. The van der Waals surface area contributed by atoms with Crippen molar-refractivity contribution >= 4 is 29.1 Å². The summed E-state index contributed by atoms with van der Waals surface area (Å²) < 4.78 is 5.17. The molecule has 1 aliphatic rings. The number of Topliss-reactive ketones (excluding diaryl/α,β-unsaturated/α-hetero) is 2. The zero-order chi connectivity index (χ0) is 22.4. The highest BCUT2D eigenvalue weighted by atomic mass is 16.5. The molecule has 6 heteroatoms. The van der Waals surface area contributed by atoms with Crippen molar-refractivity contribution in [2.45, 2.75) is 58.5 Å². The van der Waals surface area contributed by atoms with Crippen LogP contribution < -0.4 is 5.32 Å². The van der Waals surface area contributed by atoms with Gasteiger partial charge in [0, 0.05) is 23.2 Å². The molecule has 1 amide bonds. The van der Waals surface area contributed by atoms with E-state index in [0.717, 1.165) is 19.3 Å². The van der Waals surface area contributed by atoms with E-state index in [0.29, 0.717) is 16.8 Å². The Hall–Kier alpha value is -3.28. The highest BCUT2D eigenvalue weighted by molar-refractivity contribution is 5.99. The number of amides is 1. The SMILES string of the molecule is CC(=O)c1cccc(NC(=O)[C@H](C)OC(=O)CCC(=O)c2ccc3c(c2)CCCC3)c1. The molecular formula is C25H27NO5. The molecule has 162 valence electrons. The minimum absolute atomic E-state index is 0.0343. The first kappa shape index (κ1) is 22.4. The maximum atomic E-state index is 12.5. The van der Waals surface area contributed by atoms with Crippen LogP contribution in [0.3, 0.4) is 0 Å². The van der Waals surface area contributed by atoms with Gasteiger partial charge < -0.3 is 10.1 Å². The van der Waals surface area contributed by atoms with E-state index in [1.165, 1.54) is 31.4 Å². The number of anilines is 1. The van der Waals surface area contributed by atoms with Crippen LogP contribution in [0.4, 0.5) is 5.69 Å². The highest BCUT2D eigenvalue weighted by Gasteiger charge is 2.20. The molecule has 0 unspecified atom stereocenters. The molecule has 0 saturated carbocycles. The summed E-state index contributed by atoms with van der Waals surface area (Å²) in [5.41, 5.74) is 4.06. The van der Waals surface area contributed by atoms with Crippen LogP contribution in [0.2, 0.25) is 0 Å². The number of esters is 1. The number of fused-ring (bicyclic) bond motifs is 1. The Labute approximate surface area is 182 Å². The average molecular weight is 421 g/mol. The number of nitrogens with one attached hydrogen (secondary N) is 1. The molecule has 0 bridgehead atoms. The molecule has 0 spiro atoms. The minimum Gasteiger partial charge on any atom is -0.453 e. The second-order valence-electron chi connectivity index (χ2n) is 7.87. The Bertz CT molecular complexity index is 1010. The summed E-state index contributed by atoms with van der Waals surface area (Å²) in [7, 11) is 0. The van der Waals surface area contributed by atoms with E-state index in [1.54, 1.807) is 24.3 Å². The molecule has 3 rings (SSSR count). The number of ether oxygens (including phenoxy) is 1. The summed E-state index contributed by atoms with van der Waals surface area (Å²) in [6.07, 6.45) is 3.28. The van der Waals surface area contributed by atoms with Gasteiger partial charge in [-0.05, 0) is 68.9 Å². The molecule has 0 aromatic heterocycles. The van der Waals surface area contributed by atoms with Crippen LogP contribution >= 0.6 is 0 Å². The van der Waals surface area contributed by atoms with E-state index < -0.39 is 18.0 Å². The molecule has 0 heterocycles. The number of ketones is 2. The van der Waals surface area contributed by atoms with E-state index in [2.05, 4.69) is 5.32 Å². The fourth-order valence-corrected chi connectivity index (χ4v) is 3.64. The van der Waals surface area contributed by atoms with Gasteiger partial charge in [0.25, 0.3) is 5.91 Å². The average Bonchev–Trinajstić information content (AvgIpc) is 2.77. The summed E-state index contributed by atoms with van der Waals surface area (Å²) in [6.45, 7) is 2.91. The second kappa shape index (κ2) is 10.2. The van der Waals surface area contributed by atoms with Crippen LogP contribution in [0.25, 0.3) is 0 Å². The predicted molar refractivity (Wildman–Crippen MR) is 117 cm³/mol. The van der Waals surface area contributed by atoms with Gasteiger partial charge >= 0.3 is 5.97 Å². The van der Waals surface area contributed by atoms with E-state index >= 15 is 0 Å². The summed E-state index contributed by atoms with van der Waals surface area (Å²) in [4.78, 5) is 48.3. The van der Waals surface area contributed by atoms with Crippen molar-refractivity contribution < 1.29 is 23.9 Å². The third-order valence-corrected chi connectivity index (χ3v) is 5.44. The summed E-state index contributed by atoms with van der Waals surface area (Å²) in [5.74, 6) is -1.33. The Balaban J connectivity index is 1.48. The lowest BCUT2D eigenvalue weighted by Gasteiger charge is -2.16. The zero-order valence-corrected chi connectivity index (χ0v) is 17.9. The summed E-state index contributed by atoms with van der Waals surface area (Å²) in [6, 6.07) is 12.3. The molecule has 1 N–H and O–H groups in total. The molecule has 0 aliphatic heterocycles. The van der Waals surface area contributed by atoms with Crippen molar-refractivity contribution in [1.29, 1.82) is 0 Å². The fourth-order valence-electron chi connectivity index (χ4n) is 3.64. The first-order valence-corrected chi connectivity index (χ1v) is 10.6. The standard InChI is InChI=1S/C25H27NO5/c1-16(27)19-8-5-9-22(15-19)26-25(30)17(2)31-24(29)13-12-23(28)21-11-10-18-6-3-4-7-20(18)14-21/h5,8-11,14-15,17H,3-4,6-7,12-13H2,1-2H3,(H,26,30)/t17-/m0/s1. The van der Waals surface area contributed by atoms with Crippen molar-refractivity contribution in [2.75, 3.05) is 5.32 Å². The minimum atomic E-state index is -1.02. The first-order chi connectivity index (χ1) is 14.8. The van der Waals surface area contributed by atoms with Gasteiger partial charge in [-0.3, -0.25) is 19.2 Å². The molecule has 2 aromatic carbocycles. The quantitative estimate of drug-likeness (QED) is 0.507. The fraction of sp³-hybridized carbons (Fsp3) is 0.360.